The molecule has 0 heterocycles. The number of amides is 1. The normalized spacial score (nSPS) is 19.4. The van der Waals surface area contributed by atoms with Gasteiger partial charge in [0.15, 0.2) is 0 Å². The molecule has 1 saturated carbocycles. The van der Waals surface area contributed by atoms with Crippen LogP contribution in [0, 0.1) is 11.3 Å². The Labute approximate surface area is 143 Å². The topological polar surface area (TPSA) is 64.9 Å². The average Bonchev–Trinajstić information content (AvgIpc) is 2.55. The molecule has 1 aromatic carbocycles. The van der Waals surface area contributed by atoms with Crippen LogP contribution in [0.25, 0.3) is 0 Å². The van der Waals surface area contributed by atoms with Gasteiger partial charge in [-0.05, 0) is 38.3 Å². The molecular weight excluding hydrogens is 310 g/mol. The molecule has 0 aromatic heterocycles. The largest absolute Gasteiger partial charge is 0.336 e. The highest BCUT2D eigenvalue weighted by Crippen LogP contribution is 2.28. The van der Waals surface area contributed by atoms with E-state index in [-0.39, 0.29) is 11.9 Å². The number of carbonyl (C=O) groups excluding carboxylic acids is 1. The first kappa shape index (κ1) is 17.8. The van der Waals surface area contributed by atoms with Crippen LogP contribution in [-0.4, -0.2) is 17.5 Å². The van der Waals surface area contributed by atoms with Crippen molar-refractivity contribution in [2.45, 2.75) is 63.6 Å². The van der Waals surface area contributed by atoms with Crippen molar-refractivity contribution in [3.63, 3.8) is 0 Å². The quantitative estimate of drug-likeness (QED) is 0.863. The molecule has 0 spiro atoms. The molecule has 0 aliphatic heterocycles. The molecule has 5 heteroatoms. The third kappa shape index (κ3) is 4.46. The van der Waals surface area contributed by atoms with Crippen LogP contribution in [0.15, 0.2) is 24.3 Å². The van der Waals surface area contributed by atoms with Gasteiger partial charge in [-0.15, -0.1) is 0 Å². The van der Waals surface area contributed by atoms with Gasteiger partial charge in [0, 0.05) is 11.1 Å². The lowest BCUT2D eigenvalue weighted by atomic mass is 9.82. The first-order valence-corrected chi connectivity index (χ1v) is 8.59. The second-order valence-corrected chi connectivity index (χ2v) is 6.78. The van der Waals surface area contributed by atoms with Crippen LogP contribution in [0.3, 0.4) is 0 Å². The first-order valence-electron chi connectivity index (χ1n) is 8.21. The van der Waals surface area contributed by atoms with Crippen molar-refractivity contribution >= 4 is 17.5 Å². The van der Waals surface area contributed by atoms with E-state index < -0.39 is 11.6 Å². The summed E-state index contributed by atoms with van der Waals surface area (Å²) < 4.78 is 0. The molecule has 4 nitrogen and oxygen atoms in total. The molecule has 1 fully saturated rings. The van der Waals surface area contributed by atoms with E-state index in [9.17, 15) is 10.1 Å². The van der Waals surface area contributed by atoms with Gasteiger partial charge in [0.1, 0.15) is 5.54 Å². The van der Waals surface area contributed by atoms with Gasteiger partial charge in [-0.1, -0.05) is 49.1 Å². The minimum Gasteiger partial charge on any atom is -0.336 e. The van der Waals surface area contributed by atoms with Gasteiger partial charge in [0.05, 0.1) is 12.1 Å². The lowest BCUT2D eigenvalue weighted by Crippen LogP contribution is -2.54. The zero-order valence-corrected chi connectivity index (χ0v) is 14.5. The second kappa shape index (κ2) is 7.81. The number of nitrogens with one attached hydrogen (secondary N) is 2. The number of benzene rings is 1. The van der Waals surface area contributed by atoms with Crippen molar-refractivity contribution in [3.8, 4) is 6.07 Å². The number of halogens is 1. The second-order valence-electron chi connectivity index (χ2n) is 6.38. The Kier molecular flexibility index (Phi) is 6.04. The fourth-order valence-corrected chi connectivity index (χ4v) is 3.43. The Hall–Kier alpha value is -1.57. The number of hydrogen-bond acceptors (Lipinski definition) is 3. The smallest absolute Gasteiger partial charge is 0.238 e. The minimum absolute atomic E-state index is 0.0474. The van der Waals surface area contributed by atoms with Crippen molar-refractivity contribution in [2.75, 3.05) is 0 Å². The number of carbonyl (C=O) groups is 1. The molecular formula is C18H24ClN3O. The molecule has 0 bridgehead atoms. The zero-order valence-electron chi connectivity index (χ0n) is 13.7. The predicted molar refractivity (Wildman–Crippen MR) is 92.0 cm³/mol. The lowest BCUT2D eigenvalue weighted by Gasteiger charge is -2.33. The minimum atomic E-state index is -0.696. The number of rotatable bonds is 5. The van der Waals surface area contributed by atoms with Gasteiger partial charge >= 0.3 is 0 Å². The van der Waals surface area contributed by atoms with Gasteiger partial charge in [0.2, 0.25) is 5.91 Å². The Morgan fingerprint density at radius 1 is 1.26 bits per heavy atom. The van der Waals surface area contributed by atoms with Crippen LogP contribution in [0.5, 0.6) is 0 Å². The Bertz CT molecular complexity index is 590. The van der Waals surface area contributed by atoms with Crippen LogP contribution in [0.2, 0.25) is 5.02 Å². The summed E-state index contributed by atoms with van der Waals surface area (Å²) in [6, 6.07) is 9.47. The molecule has 124 valence electrons. The average molecular weight is 334 g/mol. The van der Waals surface area contributed by atoms with E-state index in [0.29, 0.717) is 5.02 Å². The molecule has 1 aliphatic carbocycles. The van der Waals surface area contributed by atoms with Crippen LogP contribution in [0.4, 0.5) is 0 Å². The summed E-state index contributed by atoms with van der Waals surface area (Å²) in [5.74, 6) is -0.132. The van der Waals surface area contributed by atoms with Gasteiger partial charge in [-0.25, -0.2) is 0 Å². The summed E-state index contributed by atoms with van der Waals surface area (Å²) in [5.41, 5.74) is 0.264. The zero-order chi connectivity index (χ0) is 16.9. The van der Waals surface area contributed by atoms with E-state index in [1.54, 1.807) is 0 Å². The number of nitriles is 1. The third-order valence-corrected chi connectivity index (χ3v) is 4.89. The Morgan fingerprint density at radius 3 is 2.52 bits per heavy atom. The summed E-state index contributed by atoms with van der Waals surface area (Å²) in [7, 11) is 0. The molecule has 23 heavy (non-hydrogen) atoms. The SMILES string of the molecule is C[C@@H](N[C@H](C)c1ccccc1Cl)C(=O)NC1(C#N)CCCCC1. The van der Waals surface area contributed by atoms with Gasteiger partial charge in [0.25, 0.3) is 0 Å². The number of nitrogens with zero attached hydrogens (tertiary/aromatic N) is 1. The van der Waals surface area contributed by atoms with E-state index in [1.807, 2.05) is 38.1 Å². The molecule has 2 N–H and O–H groups in total. The van der Waals surface area contributed by atoms with E-state index in [4.69, 9.17) is 11.6 Å². The maximum atomic E-state index is 12.5. The van der Waals surface area contributed by atoms with Crippen LogP contribution >= 0.6 is 11.6 Å². The molecule has 1 amide bonds. The van der Waals surface area contributed by atoms with Crippen molar-refractivity contribution in [3.05, 3.63) is 34.9 Å². The maximum Gasteiger partial charge on any atom is 0.238 e. The van der Waals surface area contributed by atoms with Crippen molar-refractivity contribution in [1.29, 1.82) is 5.26 Å². The molecule has 0 radical (unpaired) electrons. The molecule has 0 unspecified atom stereocenters. The Balaban J connectivity index is 1.97. The van der Waals surface area contributed by atoms with E-state index >= 15 is 0 Å². The van der Waals surface area contributed by atoms with Crippen molar-refractivity contribution in [1.82, 2.24) is 10.6 Å². The molecule has 2 atom stereocenters. The highest BCUT2D eigenvalue weighted by atomic mass is 35.5. The summed E-state index contributed by atoms with van der Waals surface area (Å²) in [6.45, 7) is 3.79. The van der Waals surface area contributed by atoms with Gasteiger partial charge in [-0.2, -0.15) is 5.26 Å². The van der Waals surface area contributed by atoms with E-state index in [2.05, 4.69) is 16.7 Å². The molecule has 0 saturated heterocycles. The lowest BCUT2D eigenvalue weighted by molar-refractivity contribution is -0.124. The molecule has 1 aliphatic rings. The fourth-order valence-electron chi connectivity index (χ4n) is 3.13. The highest BCUT2D eigenvalue weighted by molar-refractivity contribution is 6.31. The fraction of sp³-hybridized carbons (Fsp3) is 0.556. The monoisotopic (exact) mass is 333 g/mol. The van der Waals surface area contributed by atoms with Crippen molar-refractivity contribution < 1.29 is 4.79 Å². The van der Waals surface area contributed by atoms with Gasteiger partial charge in [-0.3, -0.25) is 10.1 Å². The molecule has 2 rings (SSSR count). The van der Waals surface area contributed by atoms with Crippen LogP contribution in [-0.2, 0) is 4.79 Å². The van der Waals surface area contributed by atoms with Crippen LogP contribution < -0.4 is 10.6 Å². The number of hydrogen-bond donors (Lipinski definition) is 2. The van der Waals surface area contributed by atoms with E-state index in [0.717, 1.165) is 37.7 Å². The van der Waals surface area contributed by atoms with E-state index in [1.165, 1.54) is 0 Å². The van der Waals surface area contributed by atoms with Crippen molar-refractivity contribution in [2.24, 2.45) is 0 Å². The summed E-state index contributed by atoms with van der Waals surface area (Å²) in [5, 5.41) is 16.4. The molecule has 1 aromatic rings. The summed E-state index contributed by atoms with van der Waals surface area (Å²) in [6.07, 6.45) is 4.60. The third-order valence-electron chi connectivity index (χ3n) is 4.55. The maximum absolute atomic E-state index is 12.5. The summed E-state index contributed by atoms with van der Waals surface area (Å²) >= 11 is 6.20. The van der Waals surface area contributed by atoms with Gasteiger partial charge < -0.3 is 5.32 Å². The standard InChI is InChI=1S/C18H24ClN3O/c1-13(15-8-4-5-9-16(15)19)21-14(2)17(23)22-18(12-20)10-6-3-7-11-18/h4-5,8-9,13-14,21H,3,6-7,10-11H2,1-2H3,(H,22,23)/t13-,14-/m1/s1. The summed E-state index contributed by atoms with van der Waals surface area (Å²) in [4.78, 5) is 12.5. The predicted octanol–water partition coefficient (Wildman–Crippen LogP) is 3.72. The highest BCUT2D eigenvalue weighted by Gasteiger charge is 2.34. The van der Waals surface area contributed by atoms with Crippen LogP contribution in [0.1, 0.15) is 57.6 Å². The first-order chi connectivity index (χ1) is 11.0. The Morgan fingerprint density at radius 2 is 1.91 bits per heavy atom.